The highest BCUT2D eigenvalue weighted by atomic mass is 35.5. The molecule has 1 unspecified atom stereocenters. The summed E-state index contributed by atoms with van der Waals surface area (Å²) < 4.78 is 4.07. The van der Waals surface area contributed by atoms with Gasteiger partial charge in [-0.2, -0.15) is 14.7 Å². The lowest BCUT2D eigenvalue weighted by Gasteiger charge is -2.29. The lowest BCUT2D eigenvalue weighted by atomic mass is 10.2. The number of hydrogen-bond donors (Lipinski definition) is 0. The summed E-state index contributed by atoms with van der Waals surface area (Å²) in [7, 11) is 1.97. The number of hydrogen-bond acceptors (Lipinski definition) is 7. The Kier molecular flexibility index (Phi) is 4.41. The van der Waals surface area contributed by atoms with Gasteiger partial charge in [0.15, 0.2) is 11.0 Å². The van der Waals surface area contributed by atoms with E-state index in [0.717, 1.165) is 36.8 Å². The quantitative estimate of drug-likeness (QED) is 0.856. The van der Waals surface area contributed by atoms with Gasteiger partial charge < -0.3 is 9.80 Å². The fourth-order valence-corrected chi connectivity index (χ4v) is 3.79. The summed E-state index contributed by atoms with van der Waals surface area (Å²) in [4.78, 5) is 4.33. The van der Waals surface area contributed by atoms with E-state index in [1.165, 1.54) is 11.5 Å². The Morgan fingerprint density at radius 2 is 2.45 bits per heavy atom. The Balaban J connectivity index is 1.76. The maximum absolute atomic E-state index is 9.20. The predicted octanol–water partition coefficient (Wildman–Crippen LogP) is 2.56. The summed E-state index contributed by atoms with van der Waals surface area (Å²) in [5.41, 5.74) is 0.457. The minimum atomic E-state index is 0.284. The molecule has 1 saturated heterocycles. The van der Waals surface area contributed by atoms with E-state index in [9.17, 15) is 5.26 Å². The molecule has 0 bridgehead atoms. The first-order valence-corrected chi connectivity index (χ1v) is 8.16. The van der Waals surface area contributed by atoms with Gasteiger partial charge in [-0.25, -0.2) is 0 Å². The monoisotopic (exact) mass is 334 g/mol. The van der Waals surface area contributed by atoms with Crippen LogP contribution in [0.25, 0.3) is 0 Å². The second-order valence-electron chi connectivity index (χ2n) is 5.22. The zero-order chi connectivity index (χ0) is 15.5. The van der Waals surface area contributed by atoms with Crippen LogP contribution in [0.2, 0.25) is 5.15 Å². The first kappa shape index (κ1) is 15.0. The molecule has 0 aromatic carbocycles. The van der Waals surface area contributed by atoms with Crippen LogP contribution in [0.3, 0.4) is 0 Å². The number of anilines is 2. The Morgan fingerprint density at radius 1 is 1.59 bits per heavy atom. The van der Waals surface area contributed by atoms with Crippen LogP contribution < -0.4 is 9.80 Å². The minimum Gasteiger partial charge on any atom is -0.362 e. The first-order chi connectivity index (χ1) is 10.7. The normalized spacial score (nSPS) is 17.5. The van der Waals surface area contributed by atoms with Crippen LogP contribution in [0.4, 0.5) is 10.8 Å². The minimum absolute atomic E-state index is 0.284. The van der Waals surface area contributed by atoms with Crippen molar-refractivity contribution in [2.75, 3.05) is 29.9 Å². The zero-order valence-electron chi connectivity index (χ0n) is 12.1. The molecule has 0 N–H and O–H groups in total. The van der Waals surface area contributed by atoms with E-state index in [0.29, 0.717) is 11.6 Å². The summed E-state index contributed by atoms with van der Waals surface area (Å²) in [6, 6.07) is 6.36. The highest BCUT2D eigenvalue weighted by Crippen LogP contribution is 2.32. The van der Waals surface area contributed by atoms with Crippen molar-refractivity contribution in [1.82, 2.24) is 14.6 Å². The molecule has 2 aromatic heterocycles. The van der Waals surface area contributed by atoms with E-state index in [1.54, 1.807) is 6.20 Å². The van der Waals surface area contributed by atoms with Crippen molar-refractivity contribution in [2.24, 2.45) is 0 Å². The van der Waals surface area contributed by atoms with Gasteiger partial charge in [0, 0.05) is 32.4 Å². The molecular weight excluding hydrogens is 320 g/mol. The summed E-state index contributed by atoms with van der Waals surface area (Å²) in [6.07, 6.45) is 3.90. The van der Waals surface area contributed by atoms with E-state index in [4.69, 9.17) is 11.6 Å². The van der Waals surface area contributed by atoms with Crippen molar-refractivity contribution < 1.29 is 0 Å². The lowest BCUT2D eigenvalue weighted by Crippen LogP contribution is -2.39. The van der Waals surface area contributed by atoms with Crippen LogP contribution in [0.1, 0.15) is 18.4 Å². The van der Waals surface area contributed by atoms with Crippen molar-refractivity contribution in [1.29, 1.82) is 5.26 Å². The average Bonchev–Trinajstić information content (AvgIpc) is 3.14. The molecule has 0 saturated carbocycles. The molecule has 3 rings (SSSR count). The predicted molar refractivity (Wildman–Crippen MR) is 87.5 cm³/mol. The molecule has 114 valence electrons. The van der Waals surface area contributed by atoms with Crippen molar-refractivity contribution in [3.8, 4) is 6.07 Å². The molecule has 8 heteroatoms. The Hall–Kier alpha value is -1.91. The number of nitriles is 1. The summed E-state index contributed by atoms with van der Waals surface area (Å²) in [6.45, 7) is 1.77. The van der Waals surface area contributed by atoms with Crippen molar-refractivity contribution in [2.45, 2.75) is 18.9 Å². The molecule has 1 atom stereocenters. The van der Waals surface area contributed by atoms with Gasteiger partial charge >= 0.3 is 0 Å². The van der Waals surface area contributed by atoms with Crippen LogP contribution in [0.5, 0.6) is 0 Å². The van der Waals surface area contributed by atoms with Crippen molar-refractivity contribution >= 4 is 34.0 Å². The number of aromatic nitrogens is 3. The molecule has 0 amide bonds. The van der Waals surface area contributed by atoms with E-state index >= 15 is 0 Å². The third kappa shape index (κ3) is 2.85. The van der Waals surface area contributed by atoms with Crippen LogP contribution in [0.15, 0.2) is 18.3 Å². The second kappa shape index (κ2) is 6.46. The SMILES string of the molecule is CN(CC1CCCN1c1cccnn1)c1snc(Cl)c1C#N. The first-order valence-electron chi connectivity index (χ1n) is 7.01. The number of nitrogens with zero attached hydrogens (tertiary/aromatic N) is 6. The molecule has 1 fully saturated rings. The number of likely N-dealkylation sites (N-methyl/N-ethyl adjacent to an activating group) is 1. The largest absolute Gasteiger partial charge is 0.362 e. The summed E-state index contributed by atoms with van der Waals surface area (Å²) in [5.74, 6) is 0.904. The molecule has 0 spiro atoms. The van der Waals surface area contributed by atoms with E-state index in [-0.39, 0.29) is 5.15 Å². The van der Waals surface area contributed by atoms with Gasteiger partial charge in [0.2, 0.25) is 0 Å². The average molecular weight is 335 g/mol. The standard InChI is InChI=1S/C14H15ClN6S/c1-20(14-11(8-16)13(15)19-22-14)9-10-4-3-7-21(10)12-5-2-6-17-18-12/h2,5-6,10H,3-4,7,9H2,1H3. The highest BCUT2D eigenvalue weighted by Gasteiger charge is 2.28. The van der Waals surface area contributed by atoms with Crippen molar-refractivity contribution in [3.05, 3.63) is 29.0 Å². The van der Waals surface area contributed by atoms with E-state index < -0.39 is 0 Å². The molecule has 1 aliphatic heterocycles. The van der Waals surface area contributed by atoms with Gasteiger partial charge in [0.1, 0.15) is 16.6 Å². The molecule has 0 radical (unpaired) electrons. The van der Waals surface area contributed by atoms with Gasteiger partial charge in [-0.3, -0.25) is 0 Å². The van der Waals surface area contributed by atoms with E-state index in [2.05, 4.69) is 30.4 Å². The molecule has 3 heterocycles. The highest BCUT2D eigenvalue weighted by molar-refractivity contribution is 7.10. The van der Waals surface area contributed by atoms with Crippen LogP contribution in [-0.2, 0) is 0 Å². The third-order valence-corrected chi connectivity index (χ3v) is 5.14. The Labute approximate surface area is 138 Å². The maximum atomic E-state index is 9.20. The maximum Gasteiger partial charge on any atom is 0.162 e. The fourth-order valence-electron chi connectivity index (χ4n) is 2.79. The Morgan fingerprint density at radius 3 is 3.18 bits per heavy atom. The summed E-state index contributed by atoms with van der Waals surface area (Å²) >= 11 is 7.22. The molecule has 1 aliphatic rings. The van der Waals surface area contributed by atoms with Crippen molar-refractivity contribution in [3.63, 3.8) is 0 Å². The number of halogens is 1. The molecule has 2 aromatic rings. The van der Waals surface area contributed by atoms with Crippen LogP contribution in [-0.4, -0.2) is 40.7 Å². The topological polar surface area (TPSA) is 68.9 Å². The van der Waals surface area contributed by atoms with Crippen LogP contribution in [0, 0.1) is 11.3 Å². The van der Waals surface area contributed by atoms with Gasteiger partial charge in [0.25, 0.3) is 0 Å². The molecular formula is C14H15ClN6S. The van der Waals surface area contributed by atoms with Gasteiger partial charge in [-0.05, 0) is 36.5 Å². The lowest BCUT2D eigenvalue weighted by molar-refractivity contribution is 0.648. The smallest absolute Gasteiger partial charge is 0.162 e. The fraction of sp³-hybridized carbons (Fsp3) is 0.429. The molecule has 0 aliphatic carbocycles. The van der Waals surface area contributed by atoms with Gasteiger partial charge in [-0.1, -0.05) is 11.6 Å². The Bertz CT molecular complexity index is 682. The number of rotatable bonds is 4. The summed E-state index contributed by atoms with van der Waals surface area (Å²) in [5, 5.41) is 18.5. The second-order valence-corrected chi connectivity index (χ2v) is 6.33. The van der Waals surface area contributed by atoms with Gasteiger partial charge in [-0.15, -0.1) is 5.10 Å². The molecule has 22 heavy (non-hydrogen) atoms. The van der Waals surface area contributed by atoms with Gasteiger partial charge in [0.05, 0.1) is 0 Å². The zero-order valence-corrected chi connectivity index (χ0v) is 13.7. The third-order valence-electron chi connectivity index (χ3n) is 3.81. The van der Waals surface area contributed by atoms with E-state index in [1.807, 2.05) is 19.2 Å². The van der Waals surface area contributed by atoms with Crippen LogP contribution >= 0.6 is 23.1 Å². The molecule has 6 nitrogen and oxygen atoms in total.